The normalized spacial score (nSPS) is 12.2. The van der Waals surface area contributed by atoms with Crippen molar-refractivity contribution in [1.82, 2.24) is 9.03 Å². The van der Waals surface area contributed by atoms with Gasteiger partial charge in [-0.2, -0.15) is 28.8 Å². The summed E-state index contributed by atoms with van der Waals surface area (Å²) in [4.78, 5) is 0. The molecule has 0 aliphatic rings. The predicted octanol–water partition coefficient (Wildman–Crippen LogP) is 0.363. The van der Waals surface area contributed by atoms with Crippen LogP contribution in [-0.4, -0.2) is 32.9 Å². The Hall–Kier alpha value is -0.470. The second-order valence-corrected chi connectivity index (χ2v) is 6.06. The summed E-state index contributed by atoms with van der Waals surface area (Å²) in [5.74, 6) is 0. The molecule has 0 bridgehead atoms. The van der Waals surface area contributed by atoms with E-state index in [1.165, 1.54) is 4.31 Å². The molecule has 7 heteroatoms. The van der Waals surface area contributed by atoms with Gasteiger partial charge in [-0.25, -0.2) is 0 Å². The molecule has 1 aromatic heterocycles. The highest BCUT2D eigenvalue weighted by atomic mass is 32.2. The highest BCUT2D eigenvalue weighted by Gasteiger charge is 2.15. The summed E-state index contributed by atoms with van der Waals surface area (Å²) in [6.07, 6.45) is 0.663. The third kappa shape index (κ3) is 4.18. The van der Waals surface area contributed by atoms with E-state index in [9.17, 15) is 8.42 Å². The van der Waals surface area contributed by atoms with Crippen LogP contribution in [0.15, 0.2) is 16.8 Å². The number of thiophene rings is 1. The van der Waals surface area contributed by atoms with Crippen molar-refractivity contribution in [2.24, 2.45) is 5.73 Å². The van der Waals surface area contributed by atoms with E-state index in [4.69, 9.17) is 5.73 Å². The minimum Gasteiger partial charge on any atom is -0.330 e. The maximum atomic E-state index is 11.7. The summed E-state index contributed by atoms with van der Waals surface area (Å²) in [5, 5.41) is 3.84. The van der Waals surface area contributed by atoms with Gasteiger partial charge in [-0.1, -0.05) is 0 Å². The predicted molar refractivity (Wildman–Crippen MR) is 66.4 cm³/mol. The highest BCUT2D eigenvalue weighted by molar-refractivity contribution is 7.87. The molecule has 1 aromatic rings. The van der Waals surface area contributed by atoms with Gasteiger partial charge in [0.15, 0.2) is 0 Å². The van der Waals surface area contributed by atoms with Crippen LogP contribution in [0, 0.1) is 0 Å². The first kappa shape index (κ1) is 13.6. The SMILES string of the molecule is CN(CCCN)S(=O)(=O)NCc1ccsc1. The molecule has 16 heavy (non-hydrogen) atoms. The summed E-state index contributed by atoms with van der Waals surface area (Å²) in [6, 6.07) is 1.90. The fraction of sp³-hybridized carbons (Fsp3) is 0.556. The van der Waals surface area contributed by atoms with Crippen molar-refractivity contribution >= 4 is 21.5 Å². The van der Waals surface area contributed by atoms with Gasteiger partial charge in [0.2, 0.25) is 0 Å². The molecule has 1 rings (SSSR count). The van der Waals surface area contributed by atoms with E-state index in [2.05, 4.69) is 4.72 Å². The number of nitrogens with one attached hydrogen (secondary N) is 1. The largest absolute Gasteiger partial charge is 0.330 e. The second kappa shape index (κ2) is 6.31. The summed E-state index contributed by atoms with van der Waals surface area (Å²) in [7, 11) is -1.83. The first-order chi connectivity index (χ1) is 7.56. The molecule has 0 aromatic carbocycles. The number of nitrogens with two attached hydrogens (primary N) is 1. The van der Waals surface area contributed by atoms with Crippen molar-refractivity contribution in [3.05, 3.63) is 22.4 Å². The standard InChI is InChI=1S/C9H17N3O2S2/c1-12(5-2-4-10)16(13,14)11-7-9-3-6-15-8-9/h3,6,8,11H,2,4-5,7,10H2,1H3. The van der Waals surface area contributed by atoms with Gasteiger partial charge in [0.25, 0.3) is 10.2 Å². The van der Waals surface area contributed by atoms with Gasteiger partial charge >= 0.3 is 0 Å². The maximum absolute atomic E-state index is 11.7. The molecule has 92 valence electrons. The topological polar surface area (TPSA) is 75.4 Å². The van der Waals surface area contributed by atoms with Crippen LogP contribution < -0.4 is 10.5 Å². The molecule has 0 saturated heterocycles. The zero-order valence-electron chi connectivity index (χ0n) is 9.22. The Morgan fingerprint density at radius 1 is 1.56 bits per heavy atom. The van der Waals surface area contributed by atoms with E-state index in [1.807, 2.05) is 16.8 Å². The molecule has 0 radical (unpaired) electrons. The van der Waals surface area contributed by atoms with Gasteiger partial charge in [-0.3, -0.25) is 0 Å². The van der Waals surface area contributed by atoms with Crippen molar-refractivity contribution in [2.45, 2.75) is 13.0 Å². The van der Waals surface area contributed by atoms with Gasteiger partial charge in [-0.05, 0) is 35.4 Å². The quantitative estimate of drug-likeness (QED) is 0.746. The lowest BCUT2D eigenvalue weighted by molar-refractivity contribution is 0.452. The molecule has 3 N–H and O–H groups in total. The van der Waals surface area contributed by atoms with Gasteiger partial charge in [0, 0.05) is 20.1 Å². The van der Waals surface area contributed by atoms with E-state index in [-0.39, 0.29) is 0 Å². The zero-order valence-corrected chi connectivity index (χ0v) is 10.9. The molecule has 0 unspecified atom stereocenters. The van der Waals surface area contributed by atoms with Crippen LogP contribution in [0.3, 0.4) is 0 Å². The molecule has 0 fully saturated rings. The van der Waals surface area contributed by atoms with E-state index in [1.54, 1.807) is 18.4 Å². The van der Waals surface area contributed by atoms with Crippen LogP contribution in [0.25, 0.3) is 0 Å². The van der Waals surface area contributed by atoms with Crippen molar-refractivity contribution in [3.8, 4) is 0 Å². The van der Waals surface area contributed by atoms with Crippen molar-refractivity contribution in [2.75, 3.05) is 20.1 Å². The van der Waals surface area contributed by atoms with Crippen LogP contribution in [0.2, 0.25) is 0 Å². The monoisotopic (exact) mass is 263 g/mol. The Kier molecular flexibility index (Phi) is 5.36. The molecule has 5 nitrogen and oxygen atoms in total. The maximum Gasteiger partial charge on any atom is 0.279 e. The van der Waals surface area contributed by atoms with Crippen LogP contribution >= 0.6 is 11.3 Å². The van der Waals surface area contributed by atoms with Crippen LogP contribution in [0.5, 0.6) is 0 Å². The Bertz CT molecular complexity index is 389. The molecule has 0 atom stereocenters. The number of hydrogen-bond donors (Lipinski definition) is 2. The van der Waals surface area contributed by atoms with Crippen molar-refractivity contribution < 1.29 is 8.42 Å². The summed E-state index contributed by atoms with van der Waals surface area (Å²) < 4.78 is 27.2. The molecular formula is C9H17N3O2S2. The van der Waals surface area contributed by atoms with E-state index < -0.39 is 10.2 Å². The minimum absolute atomic E-state index is 0.332. The fourth-order valence-corrected chi connectivity index (χ4v) is 2.72. The first-order valence-electron chi connectivity index (χ1n) is 4.98. The molecule has 0 aliphatic carbocycles. The average Bonchev–Trinajstić information content (AvgIpc) is 2.76. The molecule has 0 aliphatic heterocycles. The van der Waals surface area contributed by atoms with Crippen molar-refractivity contribution in [1.29, 1.82) is 0 Å². The molecule has 1 heterocycles. The second-order valence-electron chi connectivity index (χ2n) is 3.42. The number of nitrogens with zero attached hydrogens (tertiary/aromatic N) is 1. The summed E-state index contributed by atoms with van der Waals surface area (Å²) >= 11 is 1.55. The number of hydrogen-bond acceptors (Lipinski definition) is 4. The third-order valence-corrected chi connectivity index (χ3v) is 4.37. The van der Waals surface area contributed by atoms with E-state index >= 15 is 0 Å². The fourth-order valence-electron chi connectivity index (χ4n) is 1.11. The lowest BCUT2D eigenvalue weighted by atomic mass is 10.4. The summed E-state index contributed by atoms with van der Waals surface area (Å²) in [6.45, 7) is 1.26. The molecule has 0 amide bonds. The average molecular weight is 263 g/mol. The van der Waals surface area contributed by atoms with Crippen molar-refractivity contribution in [3.63, 3.8) is 0 Å². The summed E-state index contributed by atoms with van der Waals surface area (Å²) in [5.41, 5.74) is 6.30. The Balaban J connectivity index is 2.45. The number of rotatable bonds is 7. The van der Waals surface area contributed by atoms with Gasteiger partial charge < -0.3 is 5.73 Å². The smallest absolute Gasteiger partial charge is 0.279 e. The Morgan fingerprint density at radius 3 is 2.88 bits per heavy atom. The van der Waals surface area contributed by atoms with Gasteiger partial charge in [0.05, 0.1) is 0 Å². The van der Waals surface area contributed by atoms with Gasteiger partial charge in [-0.15, -0.1) is 0 Å². The minimum atomic E-state index is -3.38. The Labute approximate surface area is 100 Å². The molecular weight excluding hydrogens is 246 g/mol. The highest BCUT2D eigenvalue weighted by Crippen LogP contribution is 2.06. The zero-order chi connectivity index (χ0) is 12.0. The van der Waals surface area contributed by atoms with Crippen LogP contribution in [-0.2, 0) is 16.8 Å². The Morgan fingerprint density at radius 2 is 2.31 bits per heavy atom. The van der Waals surface area contributed by atoms with Crippen LogP contribution in [0.4, 0.5) is 0 Å². The lowest BCUT2D eigenvalue weighted by Crippen LogP contribution is -2.38. The first-order valence-corrected chi connectivity index (χ1v) is 7.36. The molecule has 0 saturated carbocycles. The third-order valence-electron chi connectivity index (χ3n) is 2.13. The van der Waals surface area contributed by atoms with E-state index in [0.717, 1.165) is 5.56 Å². The van der Waals surface area contributed by atoms with E-state index in [0.29, 0.717) is 26.1 Å². The van der Waals surface area contributed by atoms with Crippen LogP contribution in [0.1, 0.15) is 12.0 Å². The molecule has 0 spiro atoms. The van der Waals surface area contributed by atoms with Gasteiger partial charge in [0.1, 0.15) is 0 Å². The lowest BCUT2D eigenvalue weighted by Gasteiger charge is -2.16.